The summed E-state index contributed by atoms with van der Waals surface area (Å²) in [6.45, 7) is 3.43. The molecular formula is C15H26N4O7. The minimum Gasteiger partial charge on any atom is -0.481 e. The summed E-state index contributed by atoms with van der Waals surface area (Å²) in [6, 6.07) is -3.76. The van der Waals surface area contributed by atoms with Crippen LogP contribution in [0.2, 0.25) is 0 Å². The highest BCUT2D eigenvalue weighted by Crippen LogP contribution is 2.10. The van der Waals surface area contributed by atoms with Crippen molar-refractivity contribution < 1.29 is 34.2 Å². The molecule has 0 saturated heterocycles. The van der Waals surface area contributed by atoms with Crippen LogP contribution in [0.15, 0.2) is 0 Å². The van der Waals surface area contributed by atoms with Crippen molar-refractivity contribution in [2.24, 2.45) is 17.4 Å². The number of carboxylic acids is 2. The molecule has 0 aromatic heterocycles. The van der Waals surface area contributed by atoms with Crippen molar-refractivity contribution in [2.75, 3.05) is 0 Å². The van der Waals surface area contributed by atoms with Crippen LogP contribution in [0.25, 0.3) is 0 Å². The van der Waals surface area contributed by atoms with Gasteiger partial charge < -0.3 is 32.3 Å². The third kappa shape index (κ3) is 8.42. The van der Waals surface area contributed by atoms with Crippen molar-refractivity contribution in [3.05, 3.63) is 0 Å². The van der Waals surface area contributed by atoms with E-state index < -0.39 is 54.2 Å². The van der Waals surface area contributed by atoms with Gasteiger partial charge in [0.1, 0.15) is 12.1 Å². The van der Waals surface area contributed by atoms with Gasteiger partial charge in [0.15, 0.2) is 0 Å². The maximum Gasteiger partial charge on any atom is 0.326 e. The summed E-state index contributed by atoms with van der Waals surface area (Å²) >= 11 is 0. The lowest BCUT2D eigenvalue weighted by Crippen LogP contribution is -2.57. The summed E-state index contributed by atoms with van der Waals surface area (Å²) < 4.78 is 0. The summed E-state index contributed by atoms with van der Waals surface area (Å²) in [5, 5.41) is 22.3. The maximum atomic E-state index is 12.4. The fourth-order valence-corrected chi connectivity index (χ4v) is 2.04. The number of nitrogens with one attached hydrogen (secondary N) is 2. The van der Waals surface area contributed by atoms with E-state index >= 15 is 0 Å². The Morgan fingerprint density at radius 3 is 2.04 bits per heavy atom. The second kappa shape index (κ2) is 11.0. The van der Waals surface area contributed by atoms with Gasteiger partial charge in [-0.1, -0.05) is 20.3 Å². The molecule has 8 N–H and O–H groups in total. The molecule has 0 bridgehead atoms. The van der Waals surface area contributed by atoms with Crippen molar-refractivity contribution in [1.82, 2.24) is 10.6 Å². The topological polar surface area (TPSA) is 202 Å². The molecule has 0 radical (unpaired) electrons. The molecule has 0 saturated carbocycles. The summed E-state index contributed by atoms with van der Waals surface area (Å²) in [6.07, 6.45) is -0.541. The molecule has 148 valence electrons. The summed E-state index contributed by atoms with van der Waals surface area (Å²) in [4.78, 5) is 57.1. The first-order valence-corrected chi connectivity index (χ1v) is 8.08. The van der Waals surface area contributed by atoms with Gasteiger partial charge in [0.2, 0.25) is 17.7 Å². The van der Waals surface area contributed by atoms with Gasteiger partial charge in [0.05, 0.1) is 12.5 Å². The number of amides is 3. The van der Waals surface area contributed by atoms with Crippen LogP contribution in [0, 0.1) is 5.92 Å². The monoisotopic (exact) mass is 374 g/mol. The van der Waals surface area contributed by atoms with Gasteiger partial charge in [0.25, 0.3) is 0 Å². The molecule has 26 heavy (non-hydrogen) atoms. The van der Waals surface area contributed by atoms with Crippen LogP contribution in [0.4, 0.5) is 0 Å². The van der Waals surface area contributed by atoms with Crippen LogP contribution < -0.4 is 22.1 Å². The Morgan fingerprint density at radius 2 is 1.62 bits per heavy atom. The smallest absolute Gasteiger partial charge is 0.326 e. The van der Waals surface area contributed by atoms with Crippen LogP contribution in [0.5, 0.6) is 0 Å². The second-order valence-corrected chi connectivity index (χ2v) is 5.98. The molecule has 4 atom stereocenters. The molecule has 0 unspecified atom stereocenters. The Labute approximate surface area is 150 Å². The number of hydrogen-bond acceptors (Lipinski definition) is 6. The Balaban J connectivity index is 5.09. The van der Waals surface area contributed by atoms with E-state index in [2.05, 4.69) is 10.6 Å². The predicted molar refractivity (Wildman–Crippen MR) is 89.6 cm³/mol. The minimum atomic E-state index is -1.52. The van der Waals surface area contributed by atoms with Gasteiger partial charge in [0, 0.05) is 6.42 Å². The lowest BCUT2D eigenvalue weighted by atomic mass is 9.97. The largest absolute Gasteiger partial charge is 0.481 e. The third-order valence-corrected chi connectivity index (χ3v) is 3.82. The van der Waals surface area contributed by atoms with Gasteiger partial charge in [-0.15, -0.1) is 0 Å². The molecule has 0 spiro atoms. The van der Waals surface area contributed by atoms with Crippen LogP contribution in [0.1, 0.15) is 39.5 Å². The molecule has 11 nitrogen and oxygen atoms in total. The van der Waals surface area contributed by atoms with Crippen molar-refractivity contribution in [1.29, 1.82) is 0 Å². The zero-order valence-corrected chi connectivity index (χ0v) is 14.7. The van der Waals surface area contributed by atoms with E-state index in [1.54, 1.807) is 13.8 Å². The molecule has 0 heterocycles. The number of nitrogens with two attached hydrogens (primary N) is 2. The van der Waals surface area contributed by atoms with Crippen LogP contribution in [-0.2, 0) is 24.0 Å². The van der Waals surface area contributed by atoms with E-state index in [9.17, 15) is 24.0 Å². The highest BCUT2D eigenvalue weighted by Gasteiger charge is 2.31. The summed E-state index contributed by atoms with van der Waals surface area (Å²) in [7, 11) is 0. The summed E-state index contributed by atoms with van der Waals surface area (Å²) in [5.41, 5.74) is 10.6. The lowest BCUT2D eigenvalue weighted by Gasteiger charge is -2.26. The Kier molecular flexibility index (Phi) is 9.89. The number of carbonyl (C=O) groups is 5. The third-order valence-electron chi connectivity index (χ3n) is 3.82. The molecule has 0 aliphatic heterocycles. The van der Waals surface area contributed by atoms with Gasteiger partial charge in [-0.25, -0.2) is 4.79 Å². The second-order valence-electron chi connectivity index (χ2n) is 5.98. The zero-order valence-electron chi connectivity index (χ0n) is 14.7. The molecule has 0 aliphatic rings. The van der Waals surface area contributed by atoms with Gasteiger partial charge >= 0.3 is 11.9 Å². The van der Waals surface area contributed by atoms with E-state index in [4.69, 9.17) is 21.7 Å². The minimum absolute atomic E-state index is 0.116. The molecule has 0 aliphatic carbocycles. The van der Waals surface area contributed by atoms with Crippen molar-refractivity contribution in [3.63, 3.8) is 0 Å². The van der Waals surface area contributed by atoms with Gasteiger partial charge in [-0.05, 0) is 12.3 Å². The molecule has 0 rings (SSSR count). The van der Waals surface area contributed by atoms with E-state index in [0.29, 0.717) is 6.42 Å². The first kappa shape index (κ1) is 23.3. The molecule has 11 heteroatoms. The Morgan fingerprint density at radius 1 is 1.04 bits per heavy atom. The number of carbonyl (C=O) groups excluding carboxylic acids is 3. The standard InChI is InChI=1S/C15H26N4O7/c1-3-7(2)12(19-13(23)8(16)4-5-11(21)22)14(24)18-9(15(25)26)6-10(17)20/h7-9,12H,3-6,16H2,1-2H3,(H2,17,20)(H,18,24)(H,19,23)(H,21,22)(H,25,26)/t7-,8-,9-,12-/m0/s1. The molecule has 0 fully saturated rings. The van der Waals surface area contributed by atoms with Crippen molar-refractivity contribution >= 4 is 29.7 Å². The first-order valence-electron chi connectivity index (χ1n) is 8.08. The van der Waals surface area contributed by atoms with Gasteiger partial charge in [-0.3, -0.25) is 19.2 Å². The first-order chi connectivity index (χ1) is 12.0. The van der Waals surface area contributed by atoms with Crippen molar-refractivity contribution in [2.45, 2.75) is 57.7 Å². The van der Waals surface area contributed by atoms with E-state index in [1.807, 2.05) is 0 Å². The molecule has 0 aromatic rings. The number of primary amides is 1. The SMILES string of the molecule is CC[C@H](C)[C@H](NC(=O)[C@@H](N)CCC(=O)O)C(=O)N[C@@H](CC(N)=O)C(=O)O. The number of aliphatic carboxylic acids is 2. The van der Waals surface area contributed by atoms with E-state index in [1.165, 1.54) is 0 Å². The zero-order chi connectivity index (χ0) is 20.4. The Bertz CT molecular complexity index is 552. The van der Waals surface area contributed by atoms with E-state index in [-0.39, 0.29) is 18.8 Å². The molecular weight excluding hydrogens is 348 g/mol. The van der Waals surface area contributed by atoms with Crippen LogP contribution in [-0.4, -0.2) is 58.0 Å². The predicted octanol–water partition coefficient (Wildman–Crippen LogP) is -1.85. The highest BCUT2D eigenvalue weighted by molar-refractivity contribution is 5.93. The average Bonchev–Trinajstić information content (AvgIpc) is 2.55. The van der Waals surface area contributed by atoms with Crippen LogP contribution in [0.3, 0.4) is 0 Å². The van der Waals surface area contributed by atoms with Crippen molar-refractivity contribution in [3.8, 4) is 0 Å². The Hall–Kier alpha value is -2.69. The number of carboxylic acid groups (broad SMARTS) is 2. The number of hydrogen-bond donors (Lipinski definition) is 6. The molecule has 3 amide bonds. The quantitative estimate of drug-likeness (QED) is 0.228. The summed E-state index contributed by atoms with van der Waals surface area (Å²) in [5.74, 6) is -5.35. The number of rotatable bonds is 12. The maximum absolute atomic E-state index is 12.4. The fourth-order valence-electron chi connectivity index (χ4n) is 2.04. The fraction of sp³-hybridized carbons (Fsp3) is 0.667. The molecule has 0 aromatic carbocycles. The van der Waals surface area contributed by atoms with Gasteiger partial charge in [-0.2, -0.15) is 0 Å². The van der Waals surface area contributed by atoms with Crippen LogP contribution >= 0.6 is 0 Å². The lowest BCUT2D eigenvalue weighted by molar-refractivity contribution is -0.144. The average molecular weight is 374 g/mol. The highest BCUT2D eigenvalue weighted by atomic mass is 16.4. The normalized spacial score (nSPS) is 15.2. The van der Waals surface area contributed by atoms with E-state index in [0.717, 1.165) is 0 Å².